The van der Waals surface area contributed by atoms with Crippen molar-refractivity contribution in [2.75, 3.05) is 0 Å². The largest absolute Gasteiger partial charge is 0.456 e. The van der Waals surface area contributed by atoms with Gasteiger partial charge in [-0.2, -0.15) is 13.1 Å². The van der Waals surface area contributed by atoms with Gasteiger partial charge in [-0.05, 0) is 22.4 Å². The lowest BCUT2D eigenvalue weighted by molar-refractivity contribution is -0.166. The van der Waals surface area contributed by atoms with E-state index >= 15 is 0 Å². The Morgan fingerprint density at radius 3 is 2.60 bits per heavy atom. The van der Waals surface area contributed by atoms with Crippen molar-refractivity contribution < 1.29 is 27.9 Å². The molecule has 0 fully saturated rings. The minimum atomic E-state index is -3.95. The summed E-state index contributed by atoms with van der Waals surface area (Å²) >= 11 is -0.673. The summed E-state index contributed by atoms with van der Waals surface area (Å²) in [7, 11) is 0. The van der Waals surface area contributed by atoms with Crippen LogP contribution in [0, 0.1) is 0 Å². The van der Waals surface area contributed by atoms with Gasteiger partial charge < -0.3 is 4.74 Å². The number of hydrogen-bond donors (Lipinski definition) is 1. The Labute approximate surface area is 117 Å². The van der Waals surface area contributed by atoms with Crippen LogP contribution in [0.3, 0.4) is 0 Å². The summed E-state index contributed by atoms with van der Waals surface area (Å²) in [6, 6.07) is 12.7. The molecule has 0 aliphatic carbocycles. The topological polar surface area (TPSA) is 55.8 Å². The Morgan fingerprint density at radius 2 is 1.90 bits per heavy atom. The molecule has 106 valence electrons. The van der Waals surface area contributed by atoms with Gasteiger partial charge in [-0.15, -0.1) is 0 Å². The van der Waals surface area contributed by atoms with E-state index in [0.29, 0.717) is 5.56 Å². The molecule has 0 aromatic heterocycles. The summed E-state index contributed by atoms with van der Waals surface area (Å²) in [5.74, 6) is -1.77. The van der Waals surface area contributed by atoms with Crippen molar-refractivity contribution in [3.8, 4) is 0 Å². The van der Waals surface area contributed by atoms with Crippen molar-refractivity contribution in [1.82, 2.24) is 0 Å². The number of ether oxygens (including phenoxy) is 1. The Hall–Kier alpha value is -1.70. The first-order valence-electron chi connectivity index (χ1n) is 5.55. The van der Waals surface area contributed by atoms with Crippen molar-refractivity contribution in [2.24, 2.45) is 0 Å². The van der Waals surface area contributed by atoms with Gasteiger partial charge in [-0.1, -0.05) is 36.4 Å². The van der Waals surface area contributed by atoms with Crippen molar-refractivity contribution in [2.45, 2.75) is 11.9 Å². The van der Waals surface area contributed by atoms with Gasteiger partial charge in [0.25, 0.3) is 0 Å². The Bertz CT molecular complexity index is 618. The predicted molar refractivity (Wildman–Crippen MR) is 70.0 cm³/mol. The second kappa shape index (κ2) is 6.17. The molecule has 0 atom stereocenters. The number of rotatable bonds is 5. The first kappa shape index (κ1) is 14.7. The zero-order valence-electron chi connectivity index (χ0n) is 10.1. The maximum absolute atomic E-state index is 13.0. The maximum Gasteiger partial charge on any atom is 0.415 e. The van der Waals surface area contributed by atoms with Gasteiger partial charge in [0, 0.05) is 0 Å². The molecule has 0 aliphatic heterocycles. The summed E-state index contributed by atoms with van der Waals surface area (Å²) in [6.07, 6.45) is 0. The molecule has 0 saturated heterocycles. The third-order valence-corrected chi connectivity index (χ3v) is 3.01. The molecule has 0 aliphatic rings. The average Bonchev–Trinajstić information content (AvgIpc) is 2.44. The normalized spacial score (nSPS) is 11.6. The van der Waals surface area contributed by atoms with E-state index in [9.17, 15) is 13.6 Å². The molecule has 20 heavy (non-hydrogen) atoms. The zero-order valence-corrected chi connectivity index (χ0v) is 10.9. The minimum absolute atomic E-state index is 0.286. The molecule has 0 saturated carbocycles. The van der Waals surface area contributed by atoms with E-state index in [1.807, 2.05) is 30.3 Å². The van der Waals surface area contributed by atoms with E-state index in [4.69, 9.17) is 5.26 Å². The van der Waals surface area contributed by atoms with Gasteiger partial charge >= 0.3 is 11.2 Å². The SMILES string of the molecule is O=C(OCc1ccc2ccccc2c1)C(F)(F)SOO. The highest BCUT2D eigenvalue weighted by molar-refractivity contribution is 7.96. The number of carbonyl (C=O) groups is 1. The fraction of sp³-hybridized carbons (Fsp3) is 0.154. The van der Waals surface area contributed by atoms with Gasteiger partial charge in [-0.3, -0.25) is 0 Å². The molecule has 1 N–H and O–H groups in total. The first-order valence-corrected chi connectivity index (χ1v) is 6.29. The Balaban J connectivity index is 2.04. The summed E-state index contributed by atoms with van der Waals surface area (Å²) in [5, 5.41) is 5.89. The average molecular weight is 300 g/mol. The van der Waals surface area contributed by atoms with Gasteiger partial charge in [0.1, 0.15) is 18.6 Å². The molecule has 2 aromatic carbocycles. The zero-order chi connectivity index (χ0) is 14.6. The van der Waals surface area contributed by atoms with Gasteiger partial charge in [0.15, 0.2) is 0 Å². The van der Waals surface area contributed by atoms with E-state index in [1.165, 1.54) is 0 Å². The lowest BCUT2D eigenvalue weighted by atomic mass is 10.1. The Morgan fingerprint density at radius 1 is 1.20 bits per heavy atom. The van der Waals surface area contributed by atoms with Crippen LogP contribution in [0.25, 0.3) is 10.8 Å². The van der Waals surface area contributed by atoms with Gasteiger partial charge in [-0.25, -0.2) is 10.1 Å². The van der Waals surface area contributed by atoms with Crippen LogP contribution in [-0.2, 0) is 20.5 Å². The van der Waals surface area contributed by atoms with E-state index in [2.05, 4.69) is 9.07 Å². The first-order chi connectivity index (χ1) is 9.53. The number of hydrogen-bond acceptors (Lipinski definition) is 5. The smallest absolute Gasteiger partial charge is 0.415 e. The second-order valence-electron chi connectivity index (χ2n) is 3.93. The highest BCUT2D eigenvalue weighted by atomic mass is 32.2. The van der Waals surface area contributed by atoms with Crippen LogP contribution >= 0.6 is 12.0 Å². The fourth-order valence-corrected chi connectivity index (χ4v) is 1.86. The van der Waals surface area contributed by atoms with Gasteiger partial charge in [0.2, 0.25) is 0 Å². The summed E-state index contributed by atoms with van der Waals surface area (Å²) in [5.41, 5.74) is 0.586. The monoisotopic (exact) mass is 300 g/mol. The van der Waals surface area contributed by atoms with Crippen molar-refractivity contribution in [3.05, 3.63) is 48.0 Å². The predicted octanol–water partition coefficient (Wildman–Crippen LogP) is 3.61. The highest BCUT2D eigenvalue weighted by Crippen LogP contribution is 2.30. The van der Waals surface area contributed by atoms with Crippen LogP contribution in [0.4, 0.5) is 8.78 Å². The molecule has 0 amide bonds. The number of alkyl halides is 2. The molecule has 2 aromatic rings. The van der Waals surface area contributed by atoms with Crippen molar-refractivity contribution in [1.29, 1.82) is 0 Å². The van der Waals surface area contributed by atoms with Crippen molar-refractivity contribution >= 4 is 28.8 Å². The Kier molecular flexibility index (Phi) is 4.53. The molecule has 7 heteroatoms. The van der Waals surface area contributed by atoms with Crippen molar-refractivity contribution in [3.63, 3.8) is 0 Å². The van der Waals surface area contributed by atoms with E-state index in [1.54, 1.807) is 12.1 Å². The third kappa shape index (κ3) is 3.44. The number of fused-ring (bicyclic) bond motifs is 1. The quantitative estimate of drug-likeness (QED) is 0.395. The minimum Gasteiger partial charge on any atom is -0.456 e. The van der Waals surface area contributed by atoms with Crippen LogP contribution in [-0.4, -0.2) is 16.5 Å². The number of benzene rings is 2. The third-order valence-electron chi connectivity index (χ3n) is 2.56. The van der Waals surface area contributed by atoms with Crippen LogP contribution in [0.2, 0.25) is 0 Å². The molecule has 0 unspecified atom stereocenters. The molecule has 0 bridgehead atoms. The van der Waals surface area contributed by atoms with E-state index in [-0.39, 0.29) is 6.61 Å². The lowest BCUT2D eigenvalue weighted by Crippen LogP contribution is -2.27. The summed E-state index contributed by atoms with van der Waals surface area (Å²) in [6.45, 7) is -0.286. The molecular formula is C13H10F2O4S. The van der Waals surface area contributed by atoms with Crippen LogP contribution in [0.15, 0.2) is 42.5 Å². The molecule has 2 rings (SSSR count). The second-order valence-corrected chi connectivity index (χ2v) is 4.76. The van der Waals surface area contributed by atoms with E-state index < -0.39 is 23.3 Å². The lowest BCUT2D eigenvalue weighted by Gasteiger charge is -2.12. The maximum atomic E-state index is 13.0. The molecular weight excluding hydrogens is 290 g/mol. The van der Waals surface area contributed by atoms with Crippen LogP contribution < -0.4 is 0 Å². The number of carbonyl (C=O) groups excluding carboxylic acids is 1. The molecule has 0 heterocycles. The highest BCUT2D eigenvalue weighted by Gasteiger charge is 2.43. The summed E-state index contributed by atoms with van der Waals surface area (Å²) in [4.78, 5) is 11.1. The van der Waals surface area contributed by atoms with E-state index in [0.717, 1.165) is 10.8 Å². The van der Waals surface area contributed by atoms with Gasteiger partial charge in [0.05, 0.1) is 0 Å². The molecule has 0 radical (unpaired) electrons. The molecule has 0 spiro atoms. The fourth-order valence-electron chi connectivity index (χ4n) is 1.64. The summed E-state index contributed by atoms with van der Waals surface area (Å²) < 4.78 is 33.7. The van der Waals surface area contributed by atoms with Crippen LogP contribution in [0.1, 0.15) is 5.56 Å². The number of esters is 1. The van der Waals surface area contributed by atoms with Crippen LogP contribution in [0.5, 0.6) is 0 Å². The number of halogens is 2. The standard InChI is InChI=1S/C13H10F2O4S/c14-13(15,20-19-17)12(16)18-8-9-5-6-10-3-1-2-4-11(10)7-9/h1-7,17H,8H2. The molecule has 4 nitrogen and oxygen atoms in total.